The van der Waals surface area contributed by atoms with Gasteiger partial charge in [0.2, 0.25) is 0 Å². The molecule has 4 heteroatoms. The van der Waals surface area contributed by atoms with E-state index in [4.69, 9.17) is 16.3 Å². The van der Waals surface area contributed by atoms with Crippen LogP contribution in [-0.4, -0.2) is 6.54 Å². The molecule has 0 fully saturated rings. The molecule has 0 saturated carbocycles. The summed E-state index contributed by atoms with van der Waals surface area (Å²) >= 11 is 5.75. The van der Waals surface area contributed by atoms with Crippen molar-refractivity contribution in [3.05, 3.63) is 63.9 Å². The van der Waals surface area contributed by atoms with Gasteiger partial charge >= 0.3 is 0 Å². The summed E-state index contributed by atoms with van der Waals surface area (Å²) in [4.78, 5) is 0. The van der Waals surface area contributed by atoms with E-state index in [0.29, 0.717) is 10.6 Å². The molecule has 21 heavy (non-hydrogen) atoms. The van der Waals surface area contributed by atoms with Crippen LogP contribution in [-0.2, 0) is 13.2 Å². The summed E-state index contributed by atoms with van der Waals surface area (Å²) in [5, 5.41) is 3.67. The lowest BCUT2D eigenvalue weighted by molar-refractivity contribution is 0.294. The van der Waals surface area contributed by atoms with Crippen molar-refractivity contribution >= 4 is 11.6 Å². The lowest BCUT2D eigenvalue weighted by atomic mass is 10.1. The number of rotatable bonds is 6. The van der Waals surface area contributed by atoms with E-state index in [9.17, 15) is 4.39 Å². The van der Waals surface area contributed by atoms with Crippen molar-refractivity contribution in [2.24, 2.45) is 0 Å². The first-order valence-corrected chi connectivity index (χ1v) is 7.35. The minimum absolute atomic E-state index is 0.187. The highest BCUT2D eigenvalue weighted by Gasteiger charge is 2.09. The van der Waals surface area contributed by atoms with Crippen molar-refractivity contribution in [3.63, 3.8) is 0 Å². The monoisotopic (exact) mass is 307 g/mol. The number of halogens is 2. The lowest BCUT2D eigenvalue weighted by Crippen LogP contribution is -2.13. The molecule has 112 valence electrons. The lowest BCUT2D eigenvalue weighted by Gasteiger charge is -2.15. The van der Waals surface area contributed by atoms with Crippen LogP contribution in [0.4, 0.5) is 4.39 Å². The molecule has 0 atom stereocenters. The van der Waals surface area contributed by atoms with Crippen LogP contribution in [0.2, 0.25) is 5.02 Å². The predicted octanol–water partition coefficient (Wildman–Crippen LogP) is 4.48. The predicted molar refractivity (Wildman–Crippen MR) is 84.3 cm³/mol. The zero-order valence-corrected chi connectivity index (χ0v) is 13.0. The molecule has 0 aliphatic carbocycles. The second kappa shape index (κ2) is 7.43. The summed E-state index contributed by atoms with van der Waals surface area (Å²) in [7, 11) is 0. The van der Waals surface area contributed by atoms with Gasteiger partial charge in [0.05, 0.1) is 0 Å². The van der Waals surface area contributed by atoms with Gasteiger partial charge in [-0.05, 0) is 31.2 Å². The second-order valence-electron chi connectivity index (χ2n) is 4.87. The summed E-state index contributed by atoms with van der Waals surface area (Å²) in [5.74, 6) is 0.470. The Labute approximate surface area is 129 Å². The van der Waals surface area contributed by atoms with Crippen LogP contribution in [0.15, 0.2) is 36.4 Å². The first kappa shape index (κ1) is 15.8. The van der Waals surface area contributed by atoms with Gasteiger partial charge in [-0.3, -0.25) is 0 Å². The Hall–Kier alpha value is -1.58. The normalized spacial score (nSPS) is 10.7. The Kier molecular flexibility index (Phi) is 5.59. The second-order valence-corrected chi connectivity index (χ2v) is 5.30. The fraction of sp³-hybridized carbons (Fsp3) is 0.294. The minimum atomic E-state index is -0.343. The maximum atomic E-state index is 13.8. The molecule has 0 amide bonds. The molecule has 0 heterocycles. The van der Waals surface area contributed by atoms with E-state index in [2.05, 4.69) is 12.2 Å². The molecule has 0 radical (unpaired) electrons. The van der Waals surface area contributed by atoms with E-state index in [0.717, 1.165) is 30.0 Å². The fourth-order valence-electron chi connectivity index (χ4n) is 2.11. The van der Waals surface area contributed by atoms with Crippen molar-refractivity contribution in [3.8, 4) is 5.75 Å². The number of benzene rings is 2. The molecule has 2 aromatic rings. The third-order valence-electron chi connectivity index (χ3n) is 3.25. The summed E-state index contributed by atoms with van der Waals surface area (Å²) < 4.78 is 19.6. The van der Waals surface area contributed by atoms with E-state index in [1.165, 1.54) is 6.07 Å². The molecule has 0 aromatic heterocycles. The highest BCUT2D eigenvalue weighted by atomic mass is 35.5. The summed E-state index contributed by atoms with van der Waals surface area (Å²) in [6, 6.07) is 10.6. The zero-order valence-electron chi connectivity index (χ0n) is 12.2. The molecule has 2 nitrogen and oxygen atoms in total. The van der Waals surface area contributed by atoms with Crippen molar-refractivity contribution < 1.29 is 9.13 Å². The van der Waals surface area contributed by atoms with Crippen LogP contribution in [0.3, 0.4) is 0 Å². The van der Waals surface area contributed by atoms with Gasteiger partial charge in [0, 0.05) is 22.7 Å². The van der Waals surface area contributed by atoms with Crippen LogP contribution in [0.5, 0.6) is 5.75 Å². The Bertz CT molecular complexity index is 616. The molecule has 2 aromatic carbocycles. The van der Waals surface area contributed by atoms with Crippen LogP contribution >= 0.6 is 11.6 Å². The van der Waals surface area contributed by atoms with E-state index >= 15 is 0 Å². The number of ether oxygens (including phenoxy) is 1. The Balaban J connectivity index is 2.15. The van der Waals surface area contributed by atoms with E-state index < -0.39 is 0 Å². The van der Waals surface area contributed by atoms with Crippen LogP contribution in [0.1, 0.15) is 23.6 Å². The first-order chi connectivity index (χ1) is 10.1. The van der Waals surface area contributed by atoms with Gasteiger partial charge in [-0.15, -0.1) is 0 Å². The molecule has 0 aliphatic rings. The Morgan fingerprint density at radius 2 is 2.00 bits per heavy atom. The third kappa shape index (κ3) is 4.19. The van der Waals surface area contributed by atoms with Crippen molar-refractivity contribution in [2.75, 3.05) is 6.54 Å². The minimum Gasteiger partial charge on any atom is -0.488 e. The average Bonchev–Trinajstić information content (AvgIpc) is 2.45. The van der Waals surface area contributed by atoms with Gasteiger partial charge in [-0.25, -0.2) is 4.39 Å². The SMILES string of the molecule is CCNCc1cccc(C)c1OCc1ccc(Cl)cc1F. The van der Waals surface area contributed by atoms with Gasteiger partial charge < -0.3 is 10.1 Å². The molecule has 0 aliphatic heterocycles. The van der Waals surface area contributed by atoms with Gasteiger partial charge in [-0.1, -0.05) is 42.8 Å². The maximum Gasteiger partial charge on any atom is 0.131 e. The van der Waals surface area contributed by atoms with Crippen molar-refractivity contribution in [1.29, 1.82) is 0 Å². The maximum absolute atomic E-state index is 13.8. The number of para-hydroxylation sites is 1. The highest BCUT2D eigenvalue weighted by Crippen LogP contribution is 2.25. The fourth-order valence-corrected chi connectivity index (χ4v) is 2.27. The standard InChI is InChI=1S/C17H19ClFNO/c1-3-20-10-13-6-4-5-12(2)17(13)21-11-14-7-8-15(18)9-16(14)19/h4-9,20H,3,10-11H2,1-2H3. The number of hydrogen-bond acceptors (Lipinski definition) is 2. The first-order valence-electron chi connectivity index (χ1n) is 6.97. The molecule has 0 spiro atoms. The quantitative estimate of drug-likeness (QED) is 0.850. The van der Waals surface area contributed by atoms with Gasteiger partial charge in [-0.2, -0.15) is 0 Å². The largest absolute Gasteiger partial charge is 0.488 e. The number of hydrogen-bond donors (Lipinski definition) is 1. The van der Waals surface area contributed by atoms with Crippen LogP contribution in [0.25, 0.3) is 0 Å². The highest BCUT2D eigenvalue weighted by molar-refractivity contribution is 6.30. The molecular weight excluding hydrogens is 289 g/mol. The molecule has 0 saturated heterocycles. The smallest absolute Gasteiger partial charge is 0.131 e. The van der Waals surface area contributed by atoms with Gasteiger partial charge in [0.15, 0.2) is 0 Å². The van der Waals surface area contributed by atoms with Crippen LogP contribution in [0, 0.1) is 12.7 Å². The summed E-state index contributed by atoms with van der Waals surface area (Å²) in [6.07, 6.45) is 0. The summed E-state index contributed by atoms with van der Waals surface area (Å²) in [6.45, 7) is 5.85. The molecule has 1 N–H and O–H groups in total. The average molecular weight is 308 g/mol. The topological polar surface area (TPSA) is 21.3 Å². The molecule has 0 unspecified atom stereocenters. The van der Waals surface area contributed by atoms with Crippen LogP contribution < -0.4 is 10.1 Å². The van der Waals surface area contributed by atoms with Crippen molar-refractivity contribution in [2.45, 2.75) is 27.0 Å². The third-order valence-corrected chi connectivity index (χ3v) is 3.48. The van der Waals surface area contributed by atoms with E-state index in [-0.39, 0.29) is 12.4 Å². The Morgan fingerprint density at radius 3 is 2.71 bits per heavy atom. The van der Waals surface area contributed by atoms with Gasteiger partial charge in [0.25, 0.3) is 0 Å². The van der Waals surface area contributed by atoms with E-state index in [1.807, 2.05) is 25.1 Å². The molecule has 0 bridgehead atoms. The van der Waals surface area contributed by atoms with Crippen molar-refractivity contribution in [1.82, 2.24) is 5.32 Å². The number of nitrogens with one attached hydrogen (secondary N) is 1. The Morgan fingerprint density at radius 1 is 1.19 bits per heavy atom. The summed E-state index contributed by atoms with van der Waals surface area (Å²) in [5.41, 5.74) is 2.61. The molecule has 2 rings (SSSR count). The molecular formula is C17H19ClFNO. The van der Waals surface area contributed by atoms with Gasteiger partial charge in [0.1, 0.15) is 18.2 Å². The zero-order chi connectivity index (χ0) is 15.2. The number of aryl methyl sites for hydroxylation is 1. The van der Waals surface area contributed by atoms with E-state index in [1.54, 1.807) is 12.1 Å².